The zero-order valence-corrected chi connectivity index (χ0v) is 9.27. The standard InChI is InChI=1S/C8H18O4Si/c1-13(2,3)8(11)7-6(10)5(9)4-12-7/h5-11H,4H2,1-3H3/t5-,6+,7+,8?/m1/s1. The van der Waals surface area contributed by atoms with Crippen molar-refractivity contribution in [2.75, 3.05) is 6.61 Å². The van der Waals surface area contributed by atoms with E-state index in [0.29, 0.717) is 0 Å². The van der Waals surface area contributed by atoms with Gasteiger partial charge in [-0.1, -0.05) is 19.6 Å². The minimum absolute atomic E-state index is 0.118. The third-order valence-electron chi connectivity index (χ3n) is 2.39. The molecule has 4 atom stereocenters. The molecule has 0 saturated carbocycles. The van der Waals surface area contributed by atoms with E-state index in [1.807, 2.05) is 19.6 Å². The molecule has 1 heterocycles. The summed E-state index contributed by atoms with van der Waals surface area (Å²) in [6.45, 7) is 6.11. The normalized spacial score (nSPS) is 37.8. The van der Waals surface area contributed by atoms with E-state index in [2.05, 4.69) is 0 Å². The van der Waals surface area contributed by atoms with Crippen LogP contribution in [0.3, 0.4) is 0 Å². The molecule has 1 unspecified atom stereocenters. The highest BCUT2D eigenvalue weighted by atomic mass is 28.3. The molecule has 1 saturated heterocycles. The van der Waals surface area contributed by atoms with Crippen LogP contribution in [0.25, 0.3) is 0 Å². The van der Waals surface area contributed by atoms with Crippen molar-refractivity contribution in [3.63, 3.8) is 0 Å². The Bertz CT molecular complexity index is 179. The van der Waals surface area contributed by atoms with Gasteiger partial charge in [-0.3, -0.25) is 0 Å². The molecule has 1 fully saturated rings. The second kappa shape index (κ2) is 3.66. The molecule has 3 N–H and O–H groups in total. The summed E-state index contributed by atoms with van der Waals surface area (Å²) in [5.74, 6) is 0. The predicted octanol–water partition coefficient (Wildman–Crippen LogP) is -0.655. The minimum atomic E-state index is -1.74. The Kier molecular flexibility index (Phi) is 3.14. The van der Waals surface area contributed by atoms with Crippen LogP contribution >= 0.6 is 0 Å². The van der Waals surface area contributed by atoms with Gasteiger partial charge in [0.15, 0.2) is 0 Å². The molecule has 1 aliphatic rings. The predicted molar refractivity (Wildman–Crippen MR) is 51.1 cm³/mol. The van der Waals surface area contributed by atoms with Gasteiger partial charge in [0, 0.05) is 0 Å². The van der Waals surface area contributed by atoms with Gasteiger partial charge in [0.05, 0.1) is 20.4 Å². The van der Waals surface area contributed by atoms with Crippen molar-refractivity contribution >= 4 is 8.07 Å². The van der Waals surface area contributed by atoms with Gasteiger partial charge < -0.3 is 20.1 Å². The molecule has 0 radical (unpaired) electrons. The van der Waals surface area contributed by atoms with Crippen molar-refractivity contribution in [2.45, 2.75) is 43.7 Å². The number of ether oxygens (including phenoxy) is 1. The van der Waals surface area contributed by atoms with Crippen LogP contribution in [0.2, 0.25) is 19.6 Å². The van der Waals surface area contributed by atoms with Crippen LogP contribution in [0, 0.1) is 0 Å². The summed E-state index contributed by atoms with van der Waals surface area (Å²) in [5.41, 5.74) is -0.625. The first-order chi connectivity index (χ1) is 5.84. The summed E-state index contributed by atoms with van der Waals surface area (Å²) in [5, 5.41) is 28.5. The maximum Gasteiger partial charge on any atom is 0.110 e. The zero-order valence-electron chi connectivity index (χ0n) is 8.27. The zero-order chi connectivity index (χ0) is 10.2. The number of hydrogen-bond donors (Lipinski definition) is 3. The van der Waals surface area contributed by atoms with E-state index in [0.717, 1.165) is 0 Å². The summed E-state index contributed by atoms with van der Waals surface area (Å²) < 4.78 is 5.15. The number of aliphatic hydroxyl groups excluding tert-OH is 3. The molecule has 1 aliphatic heterocycles. The molecule has 0 aromatic heterocycles. The molecular weight excluding hydrogens is 188 g/mol. The quantitative estimate of drug-likeness (QED) is 0.525. The average molecular weight is 206 g/mol. The van der Waals surface area contributed by atoms with Crippen molar-refractivity contribution in [3.05, 3.63) is 0 Å². The van der Waals surface area contributed by atoms with Crippen LogP contribution in [-0.4, -0.2) is 54.0 Å². The molecule has 1 rings (SSSR count). The maximum atomic E-state index is 9.84. The lowest BCUT2D eigenvalue weighted by Gasteiger charge is -2.30. The Hall–Kier alpha value is 0.0569. The first-order valence-electron chi connectivity index (χ1n) is 4.50. The molecular formula is C8H18O4Si. The monoisotopic (exact) mass is 206 g/mol. The topological polar surface area (TPSA) is 69.9 Å². The highest BCUT2D eigenvalue weighted by Crippen LogP contribution is 2.23. The van der Waals surface area contributed by atoms with Crippen LogP contribution < -0.4 is 0 Å². The average Bonchev–Trinajstić information content (AvgIpc) is 2.30. The van der Waals surface area contributed by atoms with E-state index in [4.69, 9.17) is 4.74 Å². The van der Waals surface area contributed by atoms with Crippen LogP contribution in [0.15, 0.2) is 0 Å². The third kappa shape index (κ3) is 2.29. The Morgan fingerprint density at radius 1 is 1.31 bits per heavy atom. The second-order valence-electron chi connectivity index (χ2n) is 4.67. The van der Waals surface area contributed by atoms with E-state index in [1.165, 1.54) is 0 Å². The van der Waals surface area contributed by atoms with Gasteiger partial charge in [-0.15, -0.1) is 0 Å². The number of aliphatic hydroxyl groups is 3. The van der Waals surface area contributed by atoms with E-state index < -0.39 is 32.1 Å². The van der Waals surface area contributed by atoms with Crippen LogP contribution in [-0.2, 0) is 4.74 Å². The minimum Gasteiger partial charge on any atom is -0.394 e. The summed E-state index contributed by atoms with van der Waals surface area (Å²) in [4.78, 5) is 0. The number of rotatable bonds is 2. The summed E-state index contributed by atoms with van der Waals surface area (Å²) in [6.07, 6.45) is -2.40. The lowest BCUT2D eigenvalue weighted by atomic mass is 10.1. The van der Waals surface area contributed by atoms with Crippen LogP contribution in [0.5, 0.6) is 0 Å². The highest BCUT2D eigenvalue weighted by Gasteiger charge is 2.43. The molecule has 0 aliphatic carbocycles. The lowest BCUT2D eigenvalue weighted by Crippen LogP contribution is -2.51. The van der Waals surface area contributed by atoms with Gasteiger partial charge in [0.1, 0.15) is 18.3 Å². The van der Waals surface area contributed by atoms with Crippen molar-refractivity contribution in [3.8, 4) is 0 Å². The maximum absolute atomic E-state index is 9.84. The van der Waals surface area contributed by atoms with E-state index in [1.54, 1.807) is 0 Å². The fourth-order valence-corrected chi connectivity index (χ4v) is 2.68. The van der Waals surface area contributed by atoms with Gasteiger partial charge in [-0.2, -0.15) is 0 Å². The van der Waals surface area contributed by atoms with E-state index in [9.17, 15) is 15.3 Å². The van der Waals surface area contributed by atoms with Crippen molar-refractivity contribution in [2.24, 2.45) is 0 Å². The summed E-state index contributed by atoms with van der Waals surface area (Å²) >= 11 is 0. The Balaban J connectivity index is 2.63. The van der Waals surface area contributed by atoms with Gasteiger partial charge in [-0.25, -0.2) is 0 Å². The fraction of sp³-hybridized carbons (Fsp3) is 1.00. The lowest BCUT2D eigenvalue weighted by molar-refractivity contribution is -0.0245. The molecule has 0 aromatic rings. The Morgan fingerprint density at radius 2 is 1.85 bits per heavy atom. The first-order valence-corrected chi connectivity index (χ1v) is 8.07. The van der Waals surface area contributed by atoms with Crippen molar-refractivity contribution in [1.82, 2.24) is 0 Å². The molecule has 5 heteroatoms. The van der Waals surface area contributed by atoms with Crippen LogP contribution in [0.1, 0.15) is 0 Å². The first kappa shape index (κ1) is 11.1. The molecule has 13 heavy (non-hydrogen) atoms. The molecule has 4 nitrogen and oxygen atoms in total. The molecule has 78 valence electrons. The smallest absolute Gasteiger partial charge is 0.110 e. The molecule has 0 bridgehead atoms. The molecule has 0 amide bonds. The van der Waals surface area contributed by atoms with Gasteiger partial charge >= 0.3 is 0 Å². The summed E-state index contributed by atoms with van der Waals surface area (Å²) in [7, 11) is -1.74. The Morgan fingerprint density at radius 3 is 2.15 bits per heavy atom. The van der Waals surface area contributed by atoms with Crippen molar-refractivity contribution < 1.29 is 20.1 Å². The molecule has 0 aromatic carbocycles. The fourth-order valence-electron chi connectivity index (χ4n) is 1.40. The van der Waals surface area contributed by atoms with Gasteiger partial charge in [-0.05, 0) is 0 Å². The van der Waals surface area contributed by atoms with E-state index in [-0.39, 0.29) is 6.61 Å². The van der Waals surface area contributed by atoms with Gasteiger partial charge in [0.2, 0.25) is 0 Å². The second-order valence-corrected chi connectivity index (χ2v) is 9.99. The number of hydrogen-bond acceptors (Lipinski definition) is 4. The van der Waals surface area contributed by atoms with E-state index >= 15 is 0 Å². The van der Waals surface area contributed by atoms with Gasteiger partial charge in [0.25, 0.3) is 0 Å². The SMILES string of the molecule is C[Si](C)(C)C(O)[C@H]1OC[C@@H](O)[C@@H]1O. The Labute approximate surface area is 79.2 Å². The third-order valence-corrected chi connectivity index (χ3v) is 4.49. The summed E-state index contributed by atoms with van der Waals surface area (Å²) in [6, 6.07) is 0. The van der Waals surface area contributed by atoms with Crippen LogP contribution in [0.4, 0.5) is 0 Å². The van der Waals surface area contributed by atoms with Crippen molar-refractivity contribution in [1.29, 1.82) is 0 Å². The largest absolute Gasteiger partial charge is 0.394 e. The molecule has 0 spiro atoms. The highest BCUT2D eigenvalue weighted by molar-refractivity contribution is 6.77.